The van der Waals surface area contributed by atoms with Gasteiger partial charge in [-0.25, -0.2) is 0 Å². The molecule has 0 saturated heterocycles. The number of rotatable bonds is 23. The van der Waals surface area contributed by atoms with Crippen molar-refractivity contribution in [2.75, 3.05) is 19.6 Å². The van der Waals surface area contributed by atoms with Gasteiger partial charge in [-0.3, -0.25) is 0 Å². The zero-order chi connectivity index (χ0) is 24.9. The van der Waals surface area contributed by atoms with Gasteiger partial charge < -0.3 is 16.9 Å². The highest BCUT2D eigenvalue weighted by Crippen LogP contribution is 2.28. The summed E-state index contributed by atoms with van der Waals surface area (Å²) in [6.07, 6.45) is 24.7. The van der Waals surface area contributed by atoms with Crippen molar-refractivity contribution in [1.82, 2.24) is 0 Å². The summed E-state index contributed by atoms with van der Waals surface area (Å²) in [5, 5.41) is 1.60. The molecule has 0 atom stereocenters. The minimum absolute atomic E-state index is 0. The second-order valence-electron chi connectivity index (χ2n) is 10.7. The molecule has 0 amide bonds. The van der Waals surface area contributed by atoms with Crippen LogP contribution in [0.4, 0.5) is 0 Å². The lowest BCUT2D eigenvalue weighted by atomic mass is 10.0. The second kappa shape index (κ2) is 23.2. The Morgan fingerprint density at radius 2 is 0.914 bits per heavy atom. The lowest BCUT2D eigenvalue weighted by molar-refractivity contribution is -0.941. The largest absolute Gasteiger partial charge is 1.00 e. The van der Waals surface area contributed by atoms with E-state index in [1.165, 1.54) is 145 Å². The molecule has 1 aromatic rings. The maximum absolute atomic E-state index is 6.70. The fraction of sp³-hybridized carbons (Fsp3) is 0.806. The highest BCUT2D eigenvalue weighted by Gasteiger charge is 2.27. The number of quaternary nitrogens is 1. The van der Waals surface area contributed by atoms with Crippen molar-refractivity contribution < 1.29 is 16.9 Å². The fourth-order valence-corrected chi connectivity index (χ4v) is 5.73. The number of hydrogen-bond donors (Lipinski definition) is 0. The Bertz CT molecular complexity index is 564. The Kier molecular flexibility index (Phi) is 23.2. The topological polar surface area (TPSA) is 0 Å². The molecule has 35 heavy (non-hydrogen) atoms. The molecule has 0 aliphatic heterocycles. The summed E-state index contributed by atoms with van der Waals surface area (Å²) >= 11 is 12.9. The lowest BCUT2D eigenvalue weighted by Crippen LogP contribution is -3.00. The van der Waals surface area contributed by atoms with Crippen LogP contribution in [0.1, 0.15) is 142 Å². The van der Waals surface area contributed by atoms with Crippen molar-refractivity contribution in [3.63, 3.8) is 0 Å². The monoisotopic (exact) mass is 547 g/mol. The van der Waals surface area contributed by atoms with Crippen molar-refractivity contribution >= 4 is 23.2 Å². The number of halogens is 3. The van der Waals surface area contributed by atoms with Gasteiger partial charge in [-0.05, 0) is 50.7 Å². The van der Waals surface area contributed by atoms with Gasteiger partial charge in [0.05, 0.1) is 24.7 Å². The second-order valence-corrected chi connectivity index (χ2v) is 11.6. The average Bonchev–Trinajstić information content (AvgIpc) is 2.82. The van der Waals surface area contributed by atoms with E-state index in [4.69, 9.17) is 23.2 Å². The smallest absolute Gasteiger partial charge is 0.106 e. The first-order chi connectivity index (χ1) is 16.6. The first kappa shape index (κ1) is 35.0. The molecular formula is C31H56Cl3N. The van der Waals surface area contributed by atoms with Gasteiger partial charge in [-0.15, -0.1) is 0 Å². The molecule has 0 bridgehead atoms. The Balaban J connectivity index is 0.0000116. The van der Waals surface area contributed by atoms with Crippen LogP contribution >= 0.6 is 23.2 Å². The van der Waals surface area contributed by atoms with E-state index in [1.807, 2.05) is 12.1 Å². The molecule has 0 saturated carbocycles. The van der Waals surface area contributed by atoms with Gasteiger partial charge in [-0.2, -0.15) is 0 Å². The molecule has 0 radical (unpaired) electrons. The van der Waals surface area contributed by atoms with Crippen LogP contribution in [0.3, 0.4) is 0 Å². The van der Waals surface area contributed by atoms with Crippen LogP contribution in [0.5, 0.6) is 0 Å². The number of unbranched alkanes of at least 4 members (excludes halogenated alkanes) is 15. The highest BCUT2D eigenvalue weighted by molar-refractivity contribution is 6.35. The maximum Gasteiger partial charge on any atom is 0.106 e. The van der Waals surface area contributed by atoms with Crippen LogP contribution in [-0.4, -0.2) is 24.1 Å². The van der Waals surface area contributed by atoms with E-state index in [9.17, 15) is 0 Å². The summed E-state index contributed by atoms with van der Waals surface area (Å²) in [6, 6.07) is 6.15. The Labute approximate surface area is 235 Å². The lowest BCUT2D eigenvalue weighted by Gasteiger charge is -2.40. The van der Waals surface area contributed by atoms with E-state index in [-0.39, 0.29) is 12.4 Å². The van der Waals surface area contributed by atoms with Crippen LogP contribution in [0, 0.1) is 0 Å². The van der Waals surface area contributed by atoms with Gasteiger partial charge in [0.25, 0.3) is 0 Å². The summed E-state index contributed by atoms with van der Waals surface area (Å²) in [5.41, 5.74) is 1.29. The Morgan fingerprint density at radius 1 is 0.543 bits per heavy atom. The van der Waals surface area contributed by atoms with E-state index < -0.39 is 0 Å². The number of hydrogen-bond acceptors (Lipinski definition) is 0. The van der Waals surface area contributed by atoms with Gasteiger partial charge in [0.2, 0.25) is 0 Å². The molecular weight excluding hydrogens is 493 g/mol. The Morgan fingerprint density at radius 3 is 1.29 bits per heavy atom. The van der Waals surface area contributed by atoms with Crippen molar-refractivity contribution in [2.24, 2.45) is 0 Å². The van der Waals surface area contributed by atoms with Gasteiger partial charge in [0.15, 0.2) is 0 Å². The standard InChI is InChI=1S/C31H56Cl2N.ClH/c1-4-7-10-13-16-19-24-34(25-20-17-14-11-8-5-2,26-21-18-15-12-9-6-3)28-29-22-23-30(32)27-31(29)33;/h22-23,27H,4-21,24-26,28H2,1-3H3;1H/q+1;/p-1. The van der Waals surface area contributed by atoms with Gasteiger partial charge >= 0.3 is 0 Å². The van der Waals surface area contributed by atoms with E-state index in [0.29, 0.717) is 0 Å². The zero-order valence-corrected chi connectivity index (χ0v) is 25.6. The minimum Gasteiger partial charge on any atom is -1.00 e. The third-order valence-electron chi connectivity index (χ3n) is 7.48. The van der Waals surface area contributed by atoms with E-state index in [2.05, 4.69) is 26.8 Å². The Hall–Kier alpha value is 0.0500. The summed E-state index contributed by atoms with van der Waals surface area (Å²) in [4.78, 5) is 0. The van der Waals surface area contributed by atoms with E-state index >= 15 is 0 Å². The van der Waals surface area contributed by atoms with Crippen LogP contribution in [0.25, 0.3) is 0 Å². The van der Waals surface area contributed by atoms with E-state index in [0.717, 1.165) is 16.6 Å². The van der Waals surface area contributed by atoms with Crippen LogP contribution < -0.4 is 12.4 Å². The SMILES string of the molecule is CCCCCCCC[N+](CCCCCCCC)(CCCCCCCC)Cc1ccc(Cl)cc1Cl.[Cl-]. The maximum atomic E-state index is 6.70. The molecule has 0 unspecified atom stereocenters. The molecule has 0 heterocycles. The third-order valence-corrected chi connectivity index (χ3v) is 8.07. The van der Waals surface area contributed by atoms with Crippen molar-refractivity contribution in [1.29, 1.82) is 0 Å². The fourth-order valence-electron chi connectivity index (χ4n) is 5.27. The van der Waals surface area contributed by atoms with Crippen molar-refractivity contribution in [3.05, 3.63) is 33.8 Å². The molecule has 1 nitrogen and oxygen atoms in total. The average molecular weight is 549 g/mol. The normalized spacial score (nSPS) is 11.6. The summed E-state index contributed by atoms with van der Waals surface area (Å²) in [7, 11) is 0. The van der Waals surface area contributed by atoms with Gasteiger partial charge in [0, 0.05) is 10.6 Å². The predicted octanol–water partition coefficient (Wildman–Crippen LogP) is 8.40. The molecule has 0 spiro atoms. The number of nitrogens with zero attached hydrogens (tertiary/aromatic N) is 1. The van der Waals surface area contributed by atoms with Gasteiger partial charge in [-0.1, -0.05) is 127 Å². The first-order valence-corrected chi connectivity index (χ1v) is 15.6. The molecule has 1 aromatic carbocycles. The minimum atomic E-state index is 0. The van der Waals surface area contributed by atoms with Crippen LogP contribution in [0.15, 0.2) is 18.2 Å². The third kappa shape index (κ3) is 17.2. The summed E-state index contributed by atoms with van der Waals surface area (Å²) in [5.74, 6) is 0. The molecule has 0 fully saturated rings. The molecule has 0 aliphatic rings. The molecule has 206 valence electrons. The molecule has 0 aromatic heterocycles. The zero-order valence-electron chi connectivity index (χ0n) is 23.4. The predicted molar refractivity (Wildman–Crippen MR) is 155 cm³/mol. The van der Waals surface area contributed by atoms with Gasteiger partial charge in [0.1, 0.15) is 6.54 Å². The number of benzene rings is 1. The van der Waals surface area contributed by atoms with Crippen molar-refractivity contribution in [2.45, 2.75) is 143 Å². The van der Waals surface area contributed by atoms with E-state index in [1.54, 1.807) is 0 Å². The molecule has 1 rings (SSSR count). The summed E-state index contributed by atoms with van der Waals surface area (Å²) < 4.78 is 1.22. The first-order valence-electron chi connectivity index (χ1n) is 14.9. The molecule has 4 heteroatoms. The van der Waals surface area contributed by atoms with Crippen molar-refractivity contribution in [3.8, 4) is 0 Å². The van der Waals surface area contributed by atoms with Crippen LogP contribution in [0.2, 0.25) is 10.0 Å². The molecule has 0 aliphatic carbocycles. The summed E-state index contributed by atoms with van der Waals surface area (Å²) in [6.45, 7) is 11.9. The highest BCUT2D eigenvalue weighted by atomic mass is 35.5. The van der Waals surface area contributed by atoms with Crippen LogP contribution in [-0.2, 0) is 6.54 Å². The quantitative estimate of drug-likeness (QED) is 0.0951. The molecule has 0 N–H and O–H groups in total.